The van der Waals surface area contributed by atoms with E-state index in [2.05, 4.69) is 0 Å². The van der Waals surface area contributed by atoms with Gasteiger partial charge in [0.05, 0.1) is 12.2 Å². The van der Waals surface area contributed by atoms with Gasteiger partial charge in [0.1, 0.15) is 0 Å². The molecule has 4 heteroatoms. The van der Waals surface area contributed by atoms with E-state index in [9.17, 15) is 9.90 Å². The Kier molecular flexibility index (Phi) is 5.16. The van der Waals surface area contributed by atoms with Crippen LogP contribution < -0.4 is 5.73 Å². The van der Waals surface area contributed by atoms with Crippen LogP contribution in [-0.2, 0) is 16.0 Å². The van der Waals surface area contributed by atoms with Gasteiger partial charge in [-0.1, -0.05) is 12.1 Å². The average molecular weight is 251 g/mol. The molecule has 1 aromatic carbocycles. The summed E-state index contributed by atoms with van der Waals surface area (Å²) >= 11 is 0. The zero-order valence-electron chi connectivity index (χ0n) is 11.0. The van der Waals surface area contributed by atoms with Crippen LogP contribution in [0.4, 0.5) is 5.69 Å². The molecule has 0 aliphatic heterocycles. The van der Waals surface area contributed by atoms with Gasteiger partial charge in [-0.25, -0.2) is 0 Å². The fourth-order valence-electron chi connectivity index (χ4n) is 1.48. The summed E-state index contributed by atoms with van der Waals surface area (Å²) in [5.41, 5.74) is 6.57. The minimum Gasteiger partial charge on any atom is -0.466 e. The van der Waals surface area contributed by atoms with Crippen molar-refractivity contribution in [3.63, 3.8) is 0 Å². The number of ether oxygens (including phenoxy) is 1. The molecule has 4 nitrogen and oxygen atoms in total. The van der Waals surface area contributed by atoms with Crippen molar-refractivity contribution in [1.29, 1.82) is 0 Å². The van der Waals surface area contributed by atoms with Crippen molar-refractivity contribution in [3.8, 4) is 0 Å². The smallest absolute Gasteiger partial charge is 0.306 e. The summed E-state index contributed by atoms with van der Waals surface area (Å²) in [5.74, 6) is -0.248. The SMILES string of the molecule is CC(C)(O)CCOC(=O)CCc1cccc(N)c1. The van der Waals surface area contributed by atoms with Crippen LogP contribution in [-0.4, -0.2) is 23.3 Å². The third-order valence-corrected chi connectivity index (χ3v) is 2.55. The maximum Gasteiger partial charge on any atom is 0.306 e. The van der Waals surface area contributed by atoms with Gasteiger partial charge in [0.25, 0.3) is 0 Å². The molecular formula is C14H21NO3. The predicted molar refractivity (Wildman–Crippen MR) is 71.0 cm³/mol. The van der Waals surface area contributed by atoms with Crippen LogP contribution in [0.15, 0.2) is 24.3 Å². The van der Waals surface area contributed by atoms with Crippen molar-refractivity contribution in [2.45, 2.75) is 38.7 Å². The number of rotatable bonds is 6. The molecule has 0 fully saturated rings. The van der Waals surface area contributed by atoms with E-state index >= 15 is 0 Å². The van der Waals surface area contributed by atoms with Crippen LogP contribution in [0.1, 0.15) is 32.3 Å². The first-order valence-electron chi connectivity index (χ1n) is 6.09. The van der Waals surface area contributed by atoms with Crippen LogP contribution >= 0.6 is 0 Å². The van der Waals surface area contributed by atoms with Crippen molar-refractivity contribution in [2.24, 2.45) is 0 Å². The molecule has 0 amide bonds. The highest BCUT2D eigenvalue weighted by Crippen LogP contribution is 2.10. The van der Waals surface area contributed by atoms with E-state index in [1.54, 1.807) is 13.8 Å². The van der Waals surface area contributed by atoms with Gasteiger partial charge < -0.3 is 15.6 Å². The number of carbonyl (C=O) groups is 1. The zero-order valence-corrected chi connectivity index (χ0v) is 11.0. The topological polar surface area (TPSA) is 72.5 Å². The molecule has 0 saturated heterocycles. The first kappa shape index (κ1) is 14.5. The molecule has 18 heavy (non-hydrogen) atoms. The van der Waals surface area contributed by atoms with Gasteiger partial charge in [-0.2, -0.15) is 0 Å². The van der Waals surface area contributed by atoms with Crippen LogP contribution in [0, 0.1) is 0 Å². The Morgan fingerprint density at radius 2 is 2.17 bits per heavy atom. The number of aryl methyl sites for hydroxylation is 1. The Bertz CT molecular complexity index is 396. The largest absolute Gasteiger partial charge is 0.466 e. The molecule has 0 spiro atoms. The highest BCUT2D eigenvalue weighted by Gasteiger charge is 2.13. The molecule has 0 unspecified atom stereocenters. The lowest BCUT2D eigenvalue weighted by Gasteiger charge is -2.16. The molecule has 3 N–H and O–H groups in total. The van der Waals surface area contributed by atoms with E-state index in [-0.39, 0.29) is 12.6 Å². The van der Waals surface area contributed by atoms with E-state index in [4.69, 9.17) is 10.5 Å². The first-order chi connectivity index (χ1) is 8.37. The van der Waals surface area contributed by atoms with Crippen molar-refractivity contribution in [2.75, 3.05) is 12.3 Å². The maximum atomic E-state index is 11.5. The molecular weight excluding hydrogens is 230 g/mol. The number of nitrogens with two attached hydrogens (primary N) is 1. The van der Waals surface area contributed by atoms with E-state index in [0.29, 0.717) is 24.9 Å². The second-order valence-corrected chi connectivity index (χ2v) is 5.03. The van der Waals surface area contributed by atoms with Crippen molar-refractivity contribution < 1.29 is 14.6 Å². The molecule has 0 aliphatic rings. The second kappa shape index (κ2) is 6.40. The predicted octanol–water partition coefficient (Wildman–Crippen LogP) is 1.91. The Labute approximate surface area is 108 Å². The summed E-state index contributed by atoms with van der Waals surface area (Å²) in [6.07, 6.45) is 1.39. The second-order valence-electron chi connectivity index (χ2n) is 5.03. The molecule has 0 aliphatic carbocycles. The molecule has 0 saturated carbocycles. The van der Waals surface area contributed by atoms with E-state index in [1.807, 2.05) is 24.3 Å². The van der Waals surface area contributed by atoms with Crippen LogP contribution in [0.25, 0.3) is 0 Å². The fourth-order valence-corrected chi connectivity index (χ4v) is 1.48. The monoisotopic (exact) mass is 251 g/mol. The molecule has 100 valence electrons. The third kappa shape index (κ3) is 6.25. The van der Waals surface area contributed by atoms with Gasteiger partial charge in [0, 0.05) is 18.5 Å². The highest BCUT2D eigenvalue weighted by molar-refractivity contribution is 5.69. The zero-order chi connectivity index (χ0) is 13.6. The molecule has 0 heterocycles. The Hall–Kier alpha value is -1.55. The lowest BCUT2D eigenvalue weighted by molar-refractivity contribution is -0.144. The standard InChI is InChI=1S/C14H21NO3/c1-14(2,17)8-9-18-13(16)7-6-11-4-3-5-12(15)10-11/h3-5,10,17H,6-9,15H2,1-2H3. The number of benzene rings is 1. The Balaban J connectivity index is 2.25. The third-order valence-electron chi connectivity index (χ3n) is 2.55. The lowest BCUT2D eigenvalue weighted by Crippen LogP contribution is -2.22. The first-order valence-corrected chi connectivity index (χ1v) is 6.09. The number of anilines is 1. The minimum atomic E-state index is -0.797. The van der Waals surface area contributed by atoms with E-state index in [1.165, 1.54) is 0 Å². The number of aliphatic hydroxyl groups is 1. The Morgan fingerprint density at radius 1 is 1.44 bits per heavy atom. The maximum absolute atomic E-state index is 11.5. The molecule has 1 aromatic rings. The summed E-state index contributed by atoms with van der Waals surface area (Å²) in [6, 6.07) is 7.46. The molecule has 0 radical (unpaired) electrons. The molecule has 1 rings (SSSR count). The van der Waals surface area contributed by atoms with Gasteiger partial charge in [-0.3, -0.25) is 4.79 Å². The summed E-state index contributed by atoms with van der Waals surface area (Å²) in [6.45, 7) is 3.63. The summed E-state index contributed by atoms with van der Waals surface area (Å²) in [4.78, 5) is 11.5. The fraction of sp³-hybridized carbons (Fsp3) is 0.500. The van der Waals surface area contributed by atoms with Crippen LogP contribution in [0.3, 0.4) is 0 Å². The minimum absolute atomic E-state index is 0.248. The number of nitrogen functional groups attached to an aromatic ring is 1. The van der Waals surface area contributed by atoms with Gasteiger partial charge in [-0.05, 0) is 38.0 Å². The molecule has 0 bridgehead atoms. The summed E-state index contributed by atoms with van der Waals surface area (Å²) in [5, 5.41) is 9.46. The number of hydrogen-bond donors (Lipinski definition) is 2. The van der Waals surface area contributed by atoms with Crippen molar-refractivity contribution in [3.05, 3.63) is 29.8 Å². The van der Waals surface area contributed by atoms with Gasteiger partial charge >= 0.3 is 5.97 Å². The highest BCUT2D eigenvalue weighted by atomic mass is 16.5. The summed E-state index contributed by atoms with van der Waals surface area (Å²) in [7, 11) is 0. The van der Waals surface area contributed by atoms with E-state index in [0.717, 1.165) is 5.56 Å². The van der Waals surface area contributed by atoms with Crippen LogP contribution in [0.2, 0.25) is 0 Å². The lowest BCUT2D eigenvalue weighted by atomic mass is 10.1. The van der Waals surface area contributed by atoms with Crippen molar-refractivity contribution >= 4 is 11.7 Å². The average Bonchev–Trinajstić information content (AvgIpc) is 2.25. The van der Waals surface area contributed by atoms with E-state index < -0.39 is 5.60 Å². The quantitative estimate of drug-likeness (QED) is 0.598. The number of carbonyl (C=O) groups excluding carboxylic acids is 1. The number of esters is 1. The molecule has 0 aromatic heterocycles. The molecule has 0 atom stereocenters. The normalized spacial score (nSPS) is 11.3. The van der Waals surface area contributed by atoms with Gasteiger partial charge in [-0.15, -0.1) is 0 Å². The van der Waals surface area contributed by atoms with Gasteiger partial charge in [0.2, 0.25) is 0 Å². The van der Waals surface area contributed by atoms with Crippen LogP contribution in [0.5, 0.6) is 0 Å². The van der Waals surface area contributed by atoms with Gasteiger partial charge in [0.15, 0.2) is 0 Å². The Morgan fingerprint density at radius 3 is 2.78 bits per heavy atom. The number of hydrogen-bond acceptors (Lipinski definition) is 4. The summed E-state index contributed by atoms with van der Waals surface area (Å²) < 4.78 is 5.04. The van der Waals surface area contributed by atoms with Crippen molar-refractivity contribution in [1.82, 2.24) is 0 Å².